The molecule has 1 atom stereocenters. The molecule has 0 aliphatic carbocycles. The fourth-order valence-electron chi connectivity index (χ4n) is 2.55. The Kier molecular flexibility index (Phi) is 13.9. The zero-order valence-corrected chi connectivity index (χ0v) is 17.8. The summed E-state index contributed by atoms with van der Waals surface area (Å²) in [4.78, 5) is 0. The molecule has 0 aliphatic rings. The summed E-state index contributed by atoms with van der Waals surface area (Å²) in [5, 5.41) is 1.10. The Hall–Kier alpha value is -0.270. The molecule has 0 radical (unpaired) electrons. The highest BCUT2D eigenvalue weighted by Crippen LogP contribution is 2.30. The van der Waals surface area contributed by atoms with Gasteiger partial charge in [0.1, 0.15) is 0 Å². The highest BCUT2D eigenvalue weighted by molar-refractivity contribution is 9.11. The van der Waals surface area contributed by atoms with Gasteiger partial charge in [0.15, 0.2) is 0 Å². The van der Waals surface area contributed by atoms with Crippen LogP contribution < -0.4 is 0 Å². The summed E-state index contributed by atoms with van der Waals surface area (Å²) in [6, 6.07) is 0. The van der Waals surface area contributed by atoms with Crippen molar-refractivity contribution in [3.63, 3.8) is 0 Å². The molecule has 0 aromatic heterocycles. The third kappa shape index (κ3) is 10.2. The van der Waals surface area contributed by atoms with Gasteiger partial charge in [-0.2, -0.15) is 0 Å². The van der Waals surface area contributed by atoms with Gasteiger partial charge < -0.3 is 0 Å². The zero-order chi connectivity index (χ0) is 17.7. The first-order valence-electron chi connectivity index (χ1n) is 9.02. The van der Waals surface area contributed by atoms with E-state index in [9.17, 15) is 0 Å². The highest BCUT2D eigenvalue weighted by atomic mass is 79.9. The van der Waals surface area contributed by atoms with Crippen LogP contribution in [0.2, 0.25) is 0 Å². The van der Waals surface area contributed by atoms with Crippen molar-refractivity contribution >= 4 is 27.5 Å². The molecule has 0 aromatic rings. The summed E-state index contributed by atoms with van der Waals surface area (Å²) in [6.45, 7) is 12.8. The third-order valence-corrected chi connectivity index (χ3v) is 5.38. The molecule has 2 heteroatoms. The third-order valence-electron chi connectivity index (χ3n) is 4.36. The van der Waals surface area contributed by atoms with Crippen LogP contribution in [0.3, 0.4) is 0 Å². The Morgan fingerprint density at radius 1 is 1.17 bits per heavy atom. The van der Waals surface area contributed by atoms with Gasteiger partial charge in [0, 0.05) is 5.03 Å². The minimum atomic E-state index is 0.604. The van der Waals surface area contributed by atoms with Crippen molar-refractivity contribution in [3.8, 4) is 0 Å². The van der Waals surface area contributed by atoms with Crippen LogP contribution in [0.4, 0.5) is 0 Å². The van der Waals surface area contributed by atoms with Crippen molar-refractivity contribution < 1.29 is 0 Å². The maximum atomic E-state index is 6.69. The van der Waals surface area contributed by atoms with Gasteiger partial charge in [-0.05, 0) is 55.3 Å². The maximum Gasteiger partial charge on any atom is 0.0178 e. The largest absolute Gasteiger partial charge is 0.0990 e. The molecule has 0 spiro atoms. The molecule has 1 unspecified atom stereocenters. The van der Waals surface area contributed by atoms with Crippen LogP contribution in [0.5, 0.6) is 0 Å². The maximum absolute atomic E-state index is 6.69. The second kappa shape index (κ2) is 14.1. The molecule has 0 fully saturated rings. The molecule has 0 amide bonds. The van der Waals surface area contributed by atoms with Crippen molar-refractivity contribution in [1.29, 1.82) is 0 Å². The van der Waals surface area contributed by atoms with E-state index in [1.165, 1.54) is 34.9 Å². The van der Waals surface area contributed by atoms with Gasteiger partial charge >= 0.3 is 0 Å². The second-order valence-corrected chi connectivity index (χ2v) is 7.59. The van der Waals surface area contributed by atoms with Gasteiger partial charge in [-0.15, -0.1) is 0 Å². The molecule has 0 heterocycles. The first-order valence-corrected chi connectivity index (χ1v) is 10.2. The molecule has 0 saturated carbocycles. The van der Waals surface area contributed by atoms with E-state index >= 15 is 0 Å². The van der Waals surface area contributed by atoms with Crippen molar-refractivity contribution in [2.75, 3.05) is 0 Å². The van der Waals surface area contributed by atoms with E-state index < -0.39 is 0 Å². The first-order chi connectivity index (χ1) is 11.0. The van der Waals surface area contributed by atoms with Gasteiger partial charge in [-0.25, -0.2) is 0 Å². The van der Waals surface area contributed by atoms with Gasteiger partial charge in [0.2, 0.25) is 0 Å². The van der Waals surface area contributed by atoms with Gasteiger partial charge in [0.25, 0.3) is 0 Å². The van der Waals surface area contributed by atoms with E-state index in [1.54, 1.807) is 0 Å². The summed E-state index contributed by atoms with van der Waals surface area (Å²) in [6.07, 6.45) is 15.0. The zero-order valence-electron chi connectivity index (χ0n) is 15.4. The molecule has 0 aliphatic heterocycles. The average molecular weight is 402 g/mol. The Bertz CT molecular complexity index is 429. The summed E-state index contributed by atoms with van der Waals surface area (Å²) in [7, 11) is 0. The standard InChI is InChI=1S/C21H34BrCl/c1-6-10-12-20(17(5)8-3)21(23)16-14-18(9-4)13-15-19(22)11-7-2/h7,11,13,17H,2,6,8-10,12,14-16H2,1,3-5H3/b18-13+,19-11+,21-20+. The lowest BCUT2D eigenvalue weighted by atomic mass is 9.92. The summed E-state index contributed by atoms with van der Waals surface area (Å²) >= 11 is 10.3. The van der Waals surface area contributed by atoms with E-state index in [1.807, 2.05) is 12.2 Å². The summed E-state index contributed by atoms with van der Waals surface area (Å²) in [5.74, 6) is 0.604. The number of rotatable bonds is 12. The number of hydrogen-bond acceptors (Lipinski definition) is 0. The fraction of sp³-hybridized carbons (Fsp3) is 0.619. The smallest absolute Gasteiger partial charge is 0.0178 e. The summed E-state index contributed by atoms with van der Waals surface area (Å²) < 4.78 is 1.17. The topological polar surface area (TPSA) is 0 Å². The van der Waals surface area contributed by atoms with E-state index in [-0.39, 0.29) is 0 Å². The van der Waals surface area contributed by atoms with E-state index in [0.29, 0.717) is 5.92 Å². The van der Waals surface area contributed by atoms with Gasteiger partial charge in [-0.1, -0.05) is 97.6 Å². The van der Waals surface area contributed by atoms with Crippen LogP contribution >= 0.6 is 27.5 Å². The van der Waals surface area contributed by atoms with Crippen molar-refractivity contribution in [1.82, 2.24) is 0 Å². The predicted octanol–water partition coefficient (Wildman–Crippen LogP) is 8.69. The average Bonchev–Trinajstić information content (AvgIpc) is 2.55. The molecular weight excluding hydrogens is 368 g/mol. The van der Waals surface area contributed by atoms with E-state index in [0.717, 1.165) is 37.1 Å². The predicted molar refractivity (Wildman–Crippen MR) is 111 cm³/mol. The van der Waals surface area contributed by atoms with Crippen LogP contribution in [0, 0.1) is 5.92 Å². The molecule has 0 aromatic carbocycles. The van der Waals surface area contributed by atoms with Crippen molar-refractivity contribution in [3.05, 3.63) is 45.5 Å². The first kappa shape index (κ1) is 22.7. The van der Waals surface area contributed by atoms with Gasteiger partial charge in [-0.3, -0.25) is 0 Å². The lowest BCUT2D eigenvalue weighted by Crippen LogP contribution is -2.01. The molecule has 0 N–H and O–H groups in total. The number of hydrogen-bond donors (Lipinski definition) is 0. The Morgan fingerprint density at radius 3 is 2.39 bits per heavy atom. The molecule has 0 bridgehead atoms. The van der Waals surface area contributed by atoms with Crippen LogP contribution in [-0.4, -0.2) is 0 Å². The van der Waals surface area contributed by atoms with E-state index in [4.69, 9.17) is 11.6 Å². The quantitative estimate of drug-likeness (QED) is 0.226. The summed E-state index contributed by atoms with van der Waals surface area (Å²) in [5.41, 5.74) is 2.97. The van der Waals surface area contributed by atoms with Gasteiger partial charge in [0.05, 0.1) is 0 Å². The normalized spacial score (nSPS) is 15.4. The molecule has 0 rings (SSSR count). The van der Waals surface area contributed by atoms with Crippen molar-refractivity contribution in [2.24, 2.45) is 5.92 Å². The Labute approximate surface area is 157 Å². The minimum absolute atomic E-state index is 0.604. The molecule has 132 valence electrons. The Balaban J connectivity index is 4.84. The van der Waals surface area contributed by atoms with Crippen LogP contribution in [0.25, 0.3) is 0 Å². The molecule has 0 saturated heterocycles. The monoisotopic (exact) mass is 400 g/mol. The van der Waals surface area contributed by atoms with Crippen LogP contribution in [0.15, 0.2) is 45.5 Å². The molecule has 23 heavy (non-hydrogen) atoms. The van der Waals surface area contributed by atoms with Crippen LogP contribution in [-0.2, 0) is 0 Å². The van der Waals surface area contributed by atoms with Crippen LogP contribution in [0.1, 0.15) is 79.1 Å². The van der Waals surface area contributed by atoms with Crippen molar-refractivity contribution in [2.45, 2.75) is 79.1 Å². The second-order valence-electron chi connectivity index (χ2n) is 6.11. The lowest BCUT2D eigenvalue weighted by molar-refractivity contribution is 0.599. The minimum Gasteiger partial charge on any atom is -0.0990 e. The molecular formula is C21H34BrCl. The Morgan fingerprint density at radius 2 is 1.87 bits per heavy atom. The van der Waals surface area contributed by atoms with E-state index in [2.05, 4.69) is 56.3 Å². The highest BCUT2D eigenvalue weighted by Gasteiger charge is 2.12. The number of allylic oxidation sites excluding steroid dienone is 7. The SMILES string of the molecule is C=C/C=C(/Br)C/C=C(\CC)CC/C(Cl)=C(/CCCC)C(C)CC. The molecule has 0 nitrogen and oxygen atoms in total. The fourth-order valence-corrected chi connectivity index (χ4v) is 3.28. The number of unbranched alkanes of at least 4 members (excludes halogenated alkanes) is 1. The lowest BCUT2D eigenvalue weighted by Gasteiger charge is -2.17. The number of halogens is 2.